The highest BCUT2D eigenvalue weighted by Crippen LogP contribution is 2.49. The lowest BCUT2D eigenvalue weighted by Gasteiger charge is -2.16. The van der Waals surface area contributed by atoms with Crippen molar-refractivity contribution in [1.29, 1.82) is 0 Å². The van der Waals surface area contributed by atoms with Gasteiger partial charge in [0.05, 0.1) is 6.10 Å². The van der Waals surface area contributed by atoms with Gasteiger partial charge in [-0.15, -0.1) is 6.58 Å². The van der Waals surface area contributed by atoms with Gasteiger partial charge in [0.25, 0.3) is 0 Å². The summed E-state index contributed by atoms with van der Waals surface area (Å²) < 4.78 is 0. The van der Waals surface area contributed by atoms with Gasteiger partial charge >= 0.3 is 0 Å². The molecule has 1 aliphatic carbocycles. The Morgan fingerprint density at radius 3 is 2.55 bits per heavy atom. The van der Waals surface area contributed by atoms with Gasteiger partial charge in [-0.25, -0.2) is 0 Å². The van der Waals surface area contributed by atoms with Crippen molar-refractivity contribution >= 4 is 0 Å². The first-order valence-electron chi connectivity index (χ1n) is 4.37. The van der Waals surface area contributed by atoms with Gasteiger partial charge in [-0.05, 0) is 38.0 Å². The van der Waals surface area contributed by atoms with E-state index in [1.165, 1.54) is 18.4 Å². The molecule has 0 aliphatic heterocycles. The van der Waals surface area contributed by atoms with Crippen LogP contribution in [-0.4, -0.2) is 11.2 Å². The standard InChI is InChI=1S/C10H18O/c1-8(2)4-5-9(11)10(3)6-7-10/h9,11H,1,4-7H2,2-3H3. The summed E-state index contributed by atoms with van der Waals surface area (Å²) >= 11 is 0. The molecule has 0 saturated heterocycles. The summed E-state index contributed by atoms with van der Waals surface area (Å²) in [6, 6.07) is 0. The zero-order chi connectivity index (χ0) is 8.48. The summed E-state index contributed by atoms with van der Waals surface area (Å²) in [6.07, 6.45) is 4.16. The molecule has 0 spiro atoms. The highest BCUT2D eigenvalue weighted by molar-refractivity contribution is 4.97. The molecule has 1 N–H and O–H groups in total. The van der Waals surface area contributed by atoms with Crippen molar-refractivity contribution in [2.45, 2.75) is 45.6 Å². The molecule has 0 aromatic rings. The quantitative estimate of drug-likeness (QED) is 0.617. The van der Waals surface area contributed by atoms with E-state index >= 15 is 0 Å². The van der Waals surface area contributed by atoms with Crippen molar-refractivity contribution < 1.29 is 5.11 Å². The molecule has 1 fully saturated rings. The minimum atomic E-state index is -0.0980. The molecule has 1 atom stereocenters. The van der Waals surface area contributed by atoms with Gasteiger partial charge in [-0.2, -0.15) is 0 Å². The van der Waals surface area contributed by atoms with Crippen LogP contribution >= 0.6 is 0 Å². The normalized spacial score (nSPS) is 22.8. The van der Waals surface area contributed by atoms with E-state index in [0.29, 0.717) is 0 Å². The zero-order valence-corrected chi connectivity index (χ0v) is 7.56. The first-order chi connectivity index (χ1) is 5.04. The number of hydrogen-bond acceptors (Lipinski definition) is 1. The Morgan fingerprint density at radius 2 is 2.18 bits per heavy atom. The average Bonchev–Trinajstić information content (AvgIpc) is 2.64. The number of hydrogen-bond donors (Lipinski definition) is 1. The van der Waals surface area contributed by atoms with Crippen LogP contribution in [-0.2, 0) is 0 Å². The number of allylic oxidation sites excluding steroid dienone is 1. The van der Waals surface area contributed by atoms with Crippen molar-refractivity contribution in [2.75, 3.05) is 0 Å². The van der Waals surface area contributed by atoms with Gasteiger partial charge in [0.1, 0.15) is 0 Å². The predicted molar refractivity (Wildman–Crippen MR) is 47.4 cm³/mol. The third-order valence-corrected chi connectivity index (χ3v) is 2.69. The lowest BCUT2D eigenvalue weighted by molar-refractivity contribution is 0.0945. The molecular formula is C10H18O. The molecule has 11 heavy (non-hydrogen) atoms. The largest absolute Gasteiger partial charge is 0.393 e. The maximum absolute atomic E-state index is 9.66. The fourth-order valence-corrected chi connectivity index (χ4v) is 1.26. The Morgan fingerprint density at radius 1 is 1.64 bits per heavy atom. The van der Waals surface area contributed by atoms with E-state index in [9.17, 15) is 5.11 Å². The smallest absolute Gasteiger partial charge is 0.0596 e. The third-order valence-electron chi connectivity index (χ3n) is 2.69. The third kappa shape index (κ3) is 2.33. The number of aliphatic hydroxyl groups is 1. The topological polar surface area (TPSA) is 20.2 Å². The van der Waals surface area contributed by atoms with Crippen LogP contribution < -0.4 is 0 Å². The predicted octanol–water partition coefficient (Wildman–Crippen LogP) is 2.50. The Hall–Kier alpha value is -0.300. The molecule has 0 aromatic carbocycles. The average molecular weight is 154 g/mol. The first kappa shape index (κ1) is 8.79. The van der Waals surface area contributed by atoms with Crippen molar-refractivity contribution in [3.05, 3.63) is 12.2 Å². The van der Waals surface area contributed by atoms with E-state index in [4.69, 9.17) is 0 Å². The molecule has 0 amide bonds. The van der Waals surface area contributed by atoms with Gasteiger partial charge in [0.15, 0.2) is 0 Å². The maximum Gasteiger partial charge on any atom is 0.0596 e. The Bertz CT molecular complexity index is 156. The molecule has 0 bridgehead atoms. The van der Waals surface area contributed by atoms with E-state index in [2.05, 4.69) is 13.5 Å². The molecular weight excluding hydrogens is 136 g/mol. The molecule has 1 nitrogen and oxygen atoms in total. The monoisotopic (exact) mass is 154 g/mol. The van der Waals surface area contributed by atoms with E-state index in [-0.39, 0.29) is 11.5 Å². The Balaban J connectivity index is 2.21. The zero-order valence-electron chi connectivity index (χ0n) is 7.56. The lowest BCUT2D eigenvalue weighted by Crippen LogP contribution is -2.18. The SMILES string of the molecule is C=C(C)CCC(O)C1(C)CC1. The van der Waals surface area contributed by atoms with Crippen LogP contribution in [0.2, 0.25) is 0 Å². The molecule has 1 aliphatic rings. The first-order valence-corrected chi connectivity index (χ1v) is 4.37. The highest BCUT2D eigenvalue weighted by atomic mass is 16.3. The summed E-state index contributed by atoms with van der Waals surface area (Å²) in [5.41, 5.74) is 1.43. The molecule has 1 heteroatoms. The van der Waals surface area contributed by atoms with Crippen molar-refractivity contribution in [2.24, 2.45) is 5.41 Å². The maximum atomic E-state index is 9.66. The van der Waals surface area contributed by atoms with Gasteiger partial charge in [0.2, 0.25) is 0 Å². The van der Waals surface area contributed by atoms with Gasteiger partial charge < -0.3 is 5.11 Å². The van der Waals surface area contributed by atoms with Crippen LogP contribution in [0.3, 0.4) is 0 Å². The number of aliphatic hydroxyl groups excluding tert-OH is 1. The van der Waals surface area contributed by atoms with Crippen molar-refractivity contribution in [1.82, 2.24) is 0 Å². The molecule has 1 unspecified atom stereocenters. The van der Waals surface area contributed by atoms with Gasteiger partial charge in [0, 0.05) is 0 Å². The summed E-state index contributed by atoms with van der Waals surface area (Å²) in [5, 5.41) is 9.66. The van der Waals surface area contributed by atoms with Gasteiger partial charge in [-0.1, -0.05) is 12.5 Å². The highest BCUT2D eigenvalue weighted by Gasteiger charge is 2.43. The molecule has 0 aromatic heterocycles. The van der Waals surface area contributed by atoms with E-state index in [0.717, 1.165) is 12.8 Å². The summed E-state index contributed by atoms with van der Waals surface area (Å²) in [4.78, 5) is 0. The molecule has 64 valence electrons. The molecule has 1 rings (SSSR count). The Labute approximate surface area is 69.1 Å². The van der Waals surface area contributed by atoms with Crippen LogP contribution in [0.4, 0.5) is 0 Å². The minimum absolute atomic E-state index is 0.0980. The Kier molecular flexibility index (Phi) is 2.38. The second kappa shape index (κ2) is 2.98. The summed E-state index contributed by atoms with van der Waals surface area (Å²) in [6.45, 7) is 8.00. The van der Waals surface area contributed by atoms with Gasteiger partial charge in [-0.3, -0.25) is 0 Å². The van der Waals surface area contributed by atoms with Crippen LogP contribution in [0.15, 0.2) is 12.2 Å². The molecule has 0 heterocycles. The van der Waals surface area contributed by atoms with Crippen LogP contribution in [0.25, 0.3) is 0 Å². The van der Waals surface area contributed by atoms with Crippen molar-refractivity contribution in [3.8, 4) is 0 Å². The molecule has 1 saturated carbocycles. The fraction of sp³-hybridized carbons (Fsp3) is 0.800. The fourth-order valence-electron chi connectivity index (χ4n) is 1.26. The second-order valence-corrected chi connectivity index (χ2v) is 4.17. The van der Waals surface area contributed by atoms with E-state index < -0.39 is 0 Å². The van der Waals surface area contributed by atoms with Crippen molar-refractivity contribution in [3.63, 3.8) is 0 Å². The lowest BCUT2D eigenvalue weighted by atomic mass is 9.96. The van der Waals surface area contributed by atoms with E-state index in [1.54, 1.807) is 0 Å². The summed E-state index contributed by atoms with van der Waals surface area (Å²) in [7, 11) is 0. The van der Waals surface area contributed by atoms with Crippen LogP contribution in [0.5, 0.6) is 0 Å². The summed E-state index contributed by atoms with van der Waals surface area (Å²) in [5.74, 6) is 0. The van der Waals surface area contributed by atoms with E-state index in [1.807, 2.05) is 6.92 Å². The molecule has 0 radical (unpaired) electrons. The number of rotatable bonds is 4. The second-order valence-electron chi connectivity index (χ2n) is 4.17. The minimum Gasteiger partial charge on any atom is -0.393 e. The van der Waals surface area contributed by atoms with Crippen LogP contribution in [0, 0.1) is 5.41 Å². The van der Waals surface area contributed by atoms with Crippen LogP contribution in [0.1, 0.15) is 39.5 Å².